The van der Waals surface area contributed by atoms with Gasteiger partial charge < -0.3 is 15.7 Å². The van der Waals surface area contributed by atoms with E-state index in [4.69, 9.17) is 16.7 Å². The summed E-state index contributed by atoms with van der Waals surface area (Å²) in [5.41, 5.74) is 0.956. The highest BCUT2D eigenvalue weighted by molar-refractivity contribution is 6.30. The van der Waals surface area contributed by atoms with Gasteiger partial charge in [0, 0.05) is 17.7 Å². The number of aliphatic hydroxyl groups is 1. The zero-order valence-corrected chi connectivity index (χ0v) is 12.1. The highest BCUT2D eigenvalue weighted by Gasteiger charge is 2.13. The van der Waals surface area contributed by atoms with Gasteiger partial charge in [0.05, 0.1) is 6.04 Å². The number of halogens is 1. The minimum Gasteiger partial charge on any atom is -0.396 e. The van der Waals surface area contributed by atoms with E-state index in [1.54, 1.807) is 6.07 Å². The zero-order chi connectivity index (χ0) is 14.3. The molecule has 0 aliphatic carbocycles. The smallest absolute Gasteiger partial charge is 0.315 e. The number of nitrogens with one attached hydrogen (secondary N) is 2. The molecule has 19 heavy (non-hydrogen) atoms. The van der Waals surface area contributed by atoms with Crippen LogP contribution in [0, 0.1) is 0 Å². The second kappa shape index (κ2) is 8.02. The Kier molecular flexibility index (Phi) is 6.67. The number of amides is 2. The third-order valence-corrected chi connectivity index (χ3v) is 3.24. The number of rotatable bonds is 6. The topological polar surface area (TPSA) is 61.4 Å². The van der Waals surface area contributed by atoms with Gasteiger partial charge in [0.25, 0.3) is 0 Å². The summed E-state index contributed by atoms with van der Waals surface area (Å²) in [6, 6.07) is 7.05. The number of urea groups is 1. The Bertz CT molecular complexity index is 412. The first-order valence-electron chi connectivity index (χ1n) is 6.50. The molecule has 1 aromatic rings. The first kappa shape index (κ1) is 15.8. The molecular formula is C14H21ClN2O2. The second-order valence-corrected chi connectivity index (χ2v) is 4.95. The normalized spacial score (nSPS) is 13.7. The Hall–Kier alpha value is -1.26. The van der Waals surface area contributed by atoms with Crippen LogP contribution in [-0.2, 0) is 0 Å². The number of aliphatic hydroxyl groups excluding tert-OH is 1. The Morgan fingerprint density at radius 1 is 1.42 bits per heavy atom. The molecule has 1 rings (SSSR count). The highest BCUT2D eigenvalue weighted by atomic mass is 35.5. The van der Waals surface area contributed by atoms with Crippen LogP contribution in [0.4, 0.5) is 4.79 Å². The molecular weight excluding hydrogens is 264 g/mol. The van der Waals surface area contributed by atoms with Crippen molar-refractivity contribution in [3.05, 3.63) is 34.9 Å². The van der Waals surface area contributed by atoms with Crippen molar-refractivity contribution < 1.29 is 9.90 Å². The molecule has 2 atom stereocenters. The summed E-state index contributed by atoms with van der Waals surface area (Å²) >= 11 is 5.92. The number of carbonyl (C=O) groups excluding carboxylic acids is 1. The average Bonchev–Trinajstić information content (AvgIpc) is 2.38. The summed E-state index contributed by atoms with van der Waals surface area (Å²) in [5.74, 6) is 0. The minimum absolute atomic E-state index is 0.00318. The van der Waals surface area contributed by atoms with Crippen LogP contribution in [0.2, 0.25) is 5.02 Å². The summed E-state index contributed by atoms with van der Waals surface area (Å²) in [7, 11) is 0. The molecule has 0 saturated carbocycles. The first-order valence-corrected chi connectivity index (χ1v) is 6.88. The van der Waals surface area contributed by atoms with Crippen molar-refractivity contribution in [1.82, 2.24) is 10.6 Å². The predicted octanol–water partition coefficient (Wildman–Crippen LogP) is 2.86. The molecule has 4 nitrogen and oxygen atoms in total. The maximum absolute atomic E-state index is 11.8. The van der Waals surface area contributed by atoms with Crippen LogP contribution < -0.4 is 10.6 Å². The minimum atomic E-state index is -0.229. The summed E-state index contributed by atoms with van der Waals surface area (Å²) in [5, 5.41) is 15.2. The molecule has 0 bridgehead atoms. The fourth-order valence-corrected chi connectivity index (χ4v) is 2.02. The fourth-order valence-electron chi connectivity index (χ4n) is 1.82. The van der Waals surface area contributed by atoms with E-state index in [2.05, 4.69) is 10.6 Å². The van der Waals surface area contributed by atoms with Crippen molar-refractivity contribution in [3.8, 4) is 0 Å². The van der Waals surface area contributed by atoms with E-state index in [0.717, 1.165) is 12.0 Å². The van der Waals surface area contributed by atoms with E-state index in [1.807, 2.05) is 32.0 Å². The largest absolute Gasteiger partial charge is 0.396 e. The standard InChI is InChI=1S/C14H21ClN2O2/c1-3-13(7-8-18)17-14(19)16-10(2)11-5-4-6-12(15)9-11/h4-6,9-10,13,18H,3,7-8H2,1-2H3,(H2,16,17,19). The molecule has 0 fully saturated rings. The third kappa shape index (κ3) is 5.49. The van der Waals surface area contributed by atoms with Gasteiger partial charge in [-0.15, -0.1) is 0 Å². The van der Waals surface area contributed by atoms with Crippen LogP contribution in [0.25, 0.3) is 0 Å². The van der Waals surface area contributed by atoms with Crippen LogP contribution in [0.1, 0.15) is 38.3 Å². The van der Waals surface area contributed by atoms with Crippen molar-refractivity contribution in [2.24, 2.45) is 0 Å². The van der Waals surface area contributed by atoms with Gasteiger partial charge in [0.15, 0.2) is 0 Å². The predicted molar refractivity (Wildman–Crippen MR) is 77.3 cm³/mol. The lowest BCUT2D eigenvalue weighted by Crippen LogP contribution is -2.43. The molecule has 0 aliphatic rings. The molecule has 0 heterocycles. The zero-order valence-electron chi connectivity index (χ0n) is 11.3. The average molecular weight is 285 g/mol. The molecule has 0 aromatic heterocycles. The van der Waals surface area contributed by atoms with Crippen LogP contribution >= 0.6 is 11.6 Å². The summed E-state index contributed by atoms with van der Waals surface area (Å²) < 4.78 is 0. The Morgan fingerprint density at radius 3 is 2.74 bits per heavy atom. The van der Waals surface area contributed by atoms with E-state index in [-0.39, 0.29) is 24.7 Å². The van der Waals surface area contributed by atoms with Crippen LogP contribution in [0.5, 0.6) is 0 Å². The molecule has 0 radical (unpaired) electrons. The van der Waals surface area contributed by atoms with E-state index in [9.17, 15) is 4.79 Å². The van der Waals surface area contributed by atoms with Gasteiger partial charge in [-0.1, -0.05) is 30.7 Å². The fraction of sp³-hybridized carbons (Fsp3) is 0.500. The summed E-state index contributed by atoms with van der Waals surface area (Å²) in [4.78, 5) is 11.8. The van der Waals surface area contributed by atoms with Gasteiger partial charge in [-0.05, 0) is 37.5 Å². The van der Waals surface area contributed by atoms with Crippen LogP contribution in [0.15, 0.2) is 24.3 Å². The van der Waals surface area contributed by atoms with Crippen molar-refractivity contribution in [3.63, 3.8) is 0 Å². The van der Waals surface area contributed by atoms with Crippen molar-refractivity contribution in [1.29, 1.82) is 0 Å². The van der Waals surface area contributed by atoms with E-state index >= 15 is 0 Å². The number of benzene rings is 1. The third-order valence-electron chi connectivity index (χ3n) is 3.00. The van der Waals surface area contributed by atoms with Gasteiger partial charge in [0.2, 0.25) is 0 Å². The van der Waals surface area contributed by atoms with E-state index in [0.29, 0.717) is 11.4 Å². The van der Waals surface area contributed by atoms with Crippen molar-refractivity contribution in [2.45, 2.75) is 38.8 Å². The molecule has 5 heteroatoms. The van der Waals surface area contributed by atoms with Gasteiger partial charge in [-0.3, -0.25) is 0 Å². The lowest BCUT2D eigenvalue weighted by Gasteiger charge is -2.19. The molecule has 0 aliphatic heterocycles. The Morgan fingerprint density at radius 2 is 2.16 bits per heavy atom. The molecule has 0 spiro atoms. The van der Waals surface area contributed by atoms with E-state index in [1.165, 1.54) is 0 Å². The number of carbonyl (C=O) groups is 1. The van der Waals surface area contributed by atoms with E-state index < -0.39 is 0 Å². The van der Waals surface area contributed by atoms with Crippen LogP contribution in [0.3, 0.4) is 0 Å². The highest BCUT2D eigenvalue weighted by Crippen LogP contribution is 2.17. The molecule has 106 valence electrons. The Balaban J connectivity index is 2.52. The Labute approximate surface area is 119 Å². The lowest BCUT2D eigenvalue weighted by atomic mass is 10.1. The molecule has 0 saturated heterocycles. The van der Waals surface area contributed by atoms with Crippen molar-refractivity contribution in [2.75, 3.05) is 6.61 Å². The van der Waals surface area contributed by atoms with Gasteiger partial charge in [0.1, 0.15) is 0 Å². The quantitative estimate of drug-likeness (QED) is 0.752. The van der Waals surface area contributed by atoms with Crippen LogP contribution in [-0.4, -0.2) is 23.8 Å². The first-order chi connectivity index (χ1) is 9.06. The summed E-state index contributed by atoms with van der Waals surface area (Å²) in [6.45, 7) is 3.95. The monoisotopic (exact) mass is 284 g/mol. The number of hydrogen-bond donors (Lipinski definition) is 3. The van der Waals surface area contributed by atoms with Gasteiger partial charge >= 0.3 is 6.03 Å². The maximum Gasteiger partial charge on any atom is 0.315 e. The molecule has 1 aromatic carbocycles. The maximum atomic E-state index is 11.8. The summed E-state index contributed by atoms with van der Waals surface area (Å²) in [6.07, 6.45) is 1.36. The van der Waals surface area contributed by atoms with Gasteiger partial charge in [-0.2, -0.15) is 0 Å². The molecule has 2 unspecified atom stereocenters. The second-order valence-electron chi connectivity index (χ2n) is 4.51. The SMILES string of the molecule is CCC(CCO)NC(=O)NC(C)c1cccc(Cl)c1. The lowest BCUT2D eigenvalue weighted by molar-refractivity contribution is 0.225. The molecule has 3 N–H and O–H groups in total. The number of hydrogen-bond acceptors (Lipinski definition) is 2. The van der Waals surface area contributed by atoms with Gasteiger partial charge in [-0.25, -0.2) is 4.79 Å². The van der Waals surface area contributed by atoms with Crippen molar-refractivity contribution >= 4 is 17.6 Å². The molecule has 2 amide bonds.